The van der Waals surface area contributed by atoms with Crippen LogP contribution in [0.1, 0.15) is 12.5 Å². The van der Waals surface area contributed by atoms with E-state index in [1.165, 1.54) is 31.4 Å². The molecule has 0 amide bonds. The Bertz CT molecular complexity index is 467. The fourth-order valence-corrected chi connectivity index (χ4v) is 1.24. The predicted octanol–water partition coefficient (Wildman–Crippen LogP) is 1.51. The number of carbonyl (C=O) groups is 1. The lowest BCUT2D eigenvalue weighted by Crippen LogP contribution is -2.19. The number of ether oxygens (including phenoxy) is 1. The second-order valence-electron chi connectivity index (χ2n) is 3.15. The maximum absolute atomic E-state index is 11.6. The molecular weight excluding hydrogens is 240 g/mol. The quantitative estimate of drug-likeness (QED) is 0.343. The molecule has 0 aliphatic carbocycles. The first-order valence-corrected chi connectivity index (χ1v) is 5.13. The lowest BCUT2D eigenvalue weighted by Gasteiger charge is -2.04. The van der Waals surface area contributed by atoms with Crippen molar-refractivity contribution >= 4 is 17.4 Å². The first-order valence-electron chi connectivity index (χ1n) is 5.13. The van der Waals surface area contributed by atoms with E-state index in [1.807, 2.05) is 0 Å². The molecule has 0 saturated carbocycles. The zero-order valence-electron chi connectivity index (χ0n) is 9.95. The molecule has 1 rings (SSSR count). The maximum atomic E-state index is 11.6. The summed E-state index contributed by atoms with van der Waals surface area (Å²) in [6.07, 6.45) is 0. The van der Waals surface area contributed by atoms with Crippen molar-refractivity contribution in [3.8, 4) is 0 Å². The summed E-state index contributed by atoms with van der Waals surface area (Å²) in [6, 6.07) is 5.37. The summed E-state index contributed by atoms with van der Waals surface area (Å²) in [7, 11) is 1.30. The highest BCUT2D eigenvalue weighted by Crippen LogP contribution is 2.13. The van der Waals surface area contributed by atoms with Gasteiger partial charge in [0, 0.05) is 17.7 Å². The van der Waals surface area contributed by atoms with Gasteiger partial charge in [-0.3, -0.25) is 10.1 Å². The van der Waals surface area contributed by atoms with Gasteiger partial charge in [0.1, 0.15) is 7.11 Å². The number of nitrogens with zero attached hydrogens (tertiary/aromatic N) is 2. The lowest BCUT2D eigenvalue weighted by molar-refractivity contribution is -0.384. The largest absolute Gasteiger partial charge is 0.461 e. The smallest absolute Gasteiger partial charge is 0.361 e. The highest BCUT2D eigenvalue weighted by molar-refractivity contribution is 6.43. The van der Waals surface area contributed by atoms with E-state index >= 15 is 0 Å². The van der Waals surface area contributed by atoms with Crippen molar-refractivity contribution in [2.75, 3.05) is 13.7 Å². The summed E-state index contributed by atoms with van der Waals surface area (Å²) >= 11 is 0. The highest BCUT2D eigenvalue weighted by atomic mass is 16.6. The molecule has 0 radical (unpaired) electrons. The zero-order valence-corrected chi connectivity index (χ0v) is 9.95. The molecule has 0 unspecified atom stereocenters. The van der Waals surface area contributed by atoms with Crippen LogP contribution in [-0.2, 0) is 14.4 Å². The van der Waals surface area contributed by atoms with Gasteiger partial charge in [-0.2, -0.15) is 0 Å². The molecular formula is C11H12N2O5. The fourth-order valence-electron chi connectivity index (χ4n) is 1.24. The van der Waals surface area contributed by atoms with Gasteiger partial charge in [0.2, 0.25) is 0 Å². The number of oxime groups is 1. The molecule has 0 heterocycles. The molecule has 0 atom stereocenters. The van der Waals surface area contributed by atoms with E-state index in [2.05, 4.69) is 9.99 Å². The molecule has 1 aromatic rings. The number of benzene rings is 1. The Morgan fingerprint density at radius 1 is 1.39 bits per heavy atom. The van der Waals surface area contributed by atoms with Gasteiger partial charge in [0.25, 0.3) is 5.69 Å². The number of carbonyl (C=O) groups excluding carboxylic acids is 1. The first kappa shape index (κ1) is 13.6. The van der Waals surface area contributed by atoms with Gasteiger partial charge in [-0.05, 0) is 19.1 Å². The summed E-state index contributed by atoms with van der Waals surface area (Å²) in [5.41, 5.74) is 0.287. The summed E-state index contributed by atoms with van der Waals surface area (Å²) in [5, 5.41) is 14.1. The van der Waals surface area contributed by atoms with E-state index in [0.717, 1.165) is 0 Å². The zero-order chi connectivity index (χ0) is 13.5. The van der Waals surface area contributed by atoms with Crippen molar-refractivity contribution in [2.45, 2.75) is 6.92 Å². The standard InChI is InChI=1S/C11H12N2O5/c1-3-18-11(14)10(12-17-2)8-4-6-9(7-5-8)13(15)16/h4-7H,3H2,1-2H3/b12-10-. The Morgan fingerprint density at radius 3 is 2.44 bits per heavy atom. The maximum Gasteiger partial charge on any atom is 0.361 e. The third-order valence-electron chi connectivity index (χ3n) is 2.00. The molecule has 0 bridgehead atoms. The van der Waals surface area contributed by atoms with Crippen molar-refractivity contribution < 1.29 is 19.3 Å². The number of nitro groups is 1. The molecule has 7 heteroatoms. The normalized spacial score (nSPS) is 10.9. The Hall–Kier alpha value is -2.44. The topological polar surface area (TPSA) is 91.0 Å². The molecule has 0 aliphatic rings. The SMILES string of the molecule is CCOC(=O)/C(=N\OC)c1ccc([N+](=O)[O-])cc1. The summed E-state index contributed by atoms with van der Waals surface area (Å²) in [6.45, 7) is 1.87. The van der Waals surface area contributed by atoms with Crippen LogP contribution in [-0.4, -0.2) is 30.3 Å². The van der Waals surface area contributed by atoms with Crippen LogP contribution in [0.15, 0.2) is 29.4 Å². The van der Waals surface area contributed by atoms with Crippen LogP contribution in [0.2, 0.25) is 0 Å². The van der Waals surface area contributed by atoms with Gasteiger partial charge in [-0.15, -0.1) is 0 Å². The molecule has 96 valence electrons. The van der Waals surface area contributed by atoms with Crippen molar-refractivity contribution in [1.29, 1.82) is 0 Å². The van der Waals surface area contributed by atoms with E-state index in [1.54, 1.807) is 6.92 Å². The second kappa shape index (κ2) is 6.33. The first-order chi connectivity index (χ1) is 8.60. The third kappa shape index (κ3) is 3.27. The van der Waals surface area contributed by atoms with Gasteiger partial charge in [0.05, 0.1) is 11.5 Å². The van der Waals surface area contributed by atoms with Crippen molar-refractivity contribution in [3.63, 3.8) is 0 Å². The molecule has 0 saturated heterocycles. The van der Waals surface area contributed by atoms with Crippen molar-refractivity contribution in [3.05, 3.63) is 39.9 Å². The molecule has 1 aromatic carbocycles. The molecule has 0 fully saturated rings. The third-order valence-corrected chi connectivity index (χ3v) is 2.00. The van der Waals surface area contributed by atoms with E-state index in [4.69, 9.17) is 4.74 Å². The molecule has 7 nitrogen and oxygen atoms in total. The highest BCUT2D eigenvalue weighted by Gasteiger charge is 2.17. The molecule has 0 aromatic heterocycles. The Kier molecular flexibility index (Phi) is 4.79. The van der Waals surface area contributed by atoms with Crippen molar-refractivity contribution in [2.24, 2.45) is 5.16 Å². The average molecular weight is 252 g/mol. The average Bonchev–Trinajstić information content (AvgIpc) is 2.36. The molecule has 18 heavy (non-hydrogen) atoms. The number of esters is 1. The van der Waals surface area contributed by atoms with Gasteiger partial charge < -0.3 is 9.57 Å². The van der Waals surface area contributed by atoms with Crippen LogP contribution in [0.3, 0.4) is 0 Å². The Balaban J connectivity index is 3.04. The number of rotatable bonds is 5. The van der Waals surface area contributed by atoms with Gasteiger partial charge >= 0.3 is 5.97 Å². The van der Waals surface area contributed by atoms with Crippen molar-refractivity contribution in [1.82, 2.24) is 0 Å². The monoisotopic (exact) mass is 252 g/mol. The number of hydrogen-bond acceptors (Lipinski definition) is 6. The van der Waals surface area contributed by atoms with E-state index in [-0.39, 0.29) is 18.0 Å². The number of nitro benzene ring substituents is 1. The minimum atomic E-state index is -0.645. The van der Waals surface area contributed by atoms with Crippen LogP contribution in [0.4, 0.5) is 5.69 Å². The van der Waals surface area contributed by atoms with Gasteiger partial charge in [-0.25, -0.2) is 4.79 Å². The van der Waals surface area contributed by atoms with Gasteiger partial charge in [-0.1, -0.05) is 5.16 Å². The van der Waals surface area contributed by atoms with E-state index in [0.29, 0.717) is 5.56 Å². The minimum Gasteiger partial charge on any atom is -0.461 e. The molecule has 0 spiro atoms. The predicted molar refractivity (Wildman–Crippen MR) is 63.3 cm³/mol. The van der Waals surface area contributed by atoms with E-state index in [9.17, 15) is 14.9 Å². The summed E-state index contributed by atoms with van der Waals surface area (Å²) in [4.78, 5) is 26.1. The van der Waals surface area contributed by atoms with E-state index < -0.39 is 10.9 Å². The summed E-state index contributed by atoms with van der Waals surface area (Å²) < 4.78 is 4.81. The summed E-state index contributed by atoms with van der Waals surface area (Å²) in [5.74, 6) is -0.645. The van der Waals surface area contributed by atoms with Crippen LogP contribution in [0, 0.1) is 10.1 Å². The number of non-ortho nitro benzene ring substituents is 1. The second-order valence-corrected chi connectivity index (χ2v) is 3.15. The Morgan fingerprint density at radius 2 is 2.00 bits per heavy atom. The fraction of sp³-hybridized carbons (Fsp3) is 0.273. The molecule has 0 aliphatic heterocycles. The van der Waals surface area contributed by atoms with Crippen LogP contribution >= 0.6 is 0 Å². The Labute approximate surface area is 103 Å². The van der Waals surface area contributed by atoms with Gasteiger partial charge in [0.15, 0.2) is 5.71 Å². The van der Waals surface area contributed by atoms with Crippen LogP contribution < -0.4 is 0 Å². The van der Waals surface area contributed by atoms with Crippen LogP contribution in [0.25, 0.3) is 0 Å². The lowest BCUT2D eigenvalue weighted by atomic mass is 10.1. The van der Waals surface area contributed by atoms with Crippen LogP contribution in [0.5, 0.6) is 0 Å². The number of hydrogen-bond donors (Lipinski definition) is 0. The molecule has 0 N–H and O–H groups in total. The minimum absolute atomic E-state index is 0.0331.